The van der Waals surface area contributed by atoms with E-state index in [4.69, 9.17) is 4.74 Å². The maximum Gasteiger partial charge on any atom is 0.159 e. The molecule has 1 heterocycles. The first-order valence-electron chi connectivity index (χ1n) is 6.49. The molecule has 0 aliphatic carbocycles. The molecule has 0 amide bonds. The zero-order valence-electron chi connectivity index (χ0n) is 11.6. The van der Waals surface area contributed by atoms with Gasteiger partial charge in [0.2, 0.25) is 0 Å². The molecule has 1 fully saturated rings. The average molecular weight is 247 g/mol. The van der Waals surface area contributed by atoms with Gasteiger partial charge < -0.3 is 9.64 Å². The molecular weight excluding hydrogens is 226 g/mol. The van der Waals surface area contributed by atoms with Crippen LogP contribution in [0.2, 0.25) is 0 Å². The van der Waals surface area contributed by atoms with Crippen molar-refractivity contribution in [2.45, 2.75) is 45.8 Å². The quantitative estimate of drug-likeness (QED) is 0.822. The zero-order valence-corrected chi connectivity index (χ0v) is 11.6. The second-order valence-corrected chi connectivity index (χ2v) is 5.54. The lowest BCUT2D eigenvalue weighted by molar-refractivity contribution is -0.120. The third-order valence-electron chi connectivity index (χ3n) is 3.44. The molecule has 1 aliphatic heterocycles. The van der Waals surface area contributed by atoms with Gasteiger partial charge in [-0.1, -0.05) is 0 Å². The molecule has 3 heteroatoms. The molecule has 0 atom stereocenters. The van der Waals surface area contributed by atoms with E-state index in [1.165, 1.54) is 0 Å². The summed E-state index contributed by atoms with van der Waals surface area (Å²) in [6.45, 7) is 8.80. The fraction of sp³-hybridized carbons (Fsp3) is 0.533. The van der Waals surface area contributed by atoms with Gasteiger partial charge in [0.25, 0.3) is 0 Å². The molecule has 0 radical (unpaired) electrons. The van der Waals surface area contributed by atoms with Crippen LogP contribution in [0, 0.1) is 0 Å². The summed E-state index contributed by atoms with van der Waals surface area (Å²) in [5, 5.41) is 0. The minimum Gasteiger partial charge on any atom is -0.491 e. The van der Waals surface area contributed by atoms with Crippen molar-refractivity contribution in [3.63, 3.8) is 0 Å². The Kier molecular flexibility index (Phi) is 3.33. The summed E-state index contributed by atoms with van der Waals surface area (Å²) >= 11 is 0. The number of ether oxygens (including phenoxy) is 1. The summed E-state index contributed by atoms with van der Waals surface area (Å²) in [4.78, 5) is 14.0. The fourth-order valence-corrected chi connectivity index (χ4v) is 2.38. The SMILES string of the molecule is CC(C)Oc1ccc(N2CCC(=O)C2(C)C)cc1. The van der Waals surface area contributed by atoms with Crippen LogP contribution >= 0.6 is 0 Å². The predicted molar refractivity (Wildman–Crippen MR) is 73.3 cm³/mol. The van der Waals surface area contributed by atoms with Gasteiger partial charge in [-0.25, -0.2) is 0 Å². The molecule has 1 aromatic rings. The Morgan fingerprint density at radius 1 is 1.22 bits per heavy atom. The molecule has 0 N–H and O–H groups in total. The van der Waals surface area contributed by atoms with E-state index in [0.717, 1.165) is 18.0 Å². The Morgan fingerprint density at radius 3 is 2.28 bits per heavy atom. The number of Topliss-reactive ketones (excluding diaryl/α,β-unsaturated/α-hetero) is 1. The summed E-state index contributed by atoms with van der Waals surface area (Å²) in [7, 11) is 0. The number of anilines is 1. The molecule has 0 spiro atoms. The maximum absolute atomic E-state index is 11.8. The number of carbonyl (C=O) groups excluding carboxylic acids is 1. The molecule has 2 rings (SSSR count). The Labute approximate surface area is 109 Å². The number of hydrogen-bond acceptors (Lipinski definition) is 3. The van der Waals surface area contributed by atoms with Crippen molar-refractivity contribution < 1.29 is 9.53 Å². The third kappa shape index (κ3) is 2.35. The van der Waals surface area contributed by atoms with Gasteiger partial charge in [0.15, 0.2) is 5.78 Å². The summed E-state index contributed by atoms with van der Waals surface area (Å²) in [5.74, 6) is 1.18. The second-order valence-electron chi connectivity index (χ2n) is 5.54. The van der Waals surface area contributed by atoms with Gasteiger partial charge in [-0.15, -0.1) is 0 Å². The van der Waals surface area contributed by atoms with Crippen LogP contribution in [-0.2, 0) is 4.79 Å². The van der Waals surface area contributed by atoms with Gasteiger partial charge in [-0.3, -0.25) is 4.79 Å². The third-order valence-corrected chi connectivity index (χ3v) is 3.44. The molecule has 1 aromatic carbocycles. The molecule has 1 aliphatic rings. The summed E-state index contributed by atoms with van der Waals surface area (Å²) in [6.07, 6.45) is 0.817. The van der Waals surface area contributed by atoms with Gasteiger partial charge in [-0.05, 0) is 52.0 Å². The zero-order chi connectivity index (χ0) is 13.3. The number of ketones is 1. The maximum atomic E-state index is 11.8. The highest BCUT2D eigenvalue weighted by Crippen LogP contribution is 2.32. The molecule has 0 aromatic heterocycles. The molecule has 1 saturated heterocycles. The topological polar surface area (TPSA) is 29.5 Å². The minimum atomic E-state index is -0.388. The van der Waals surface area contributed by atoms with Gasteiger partial charge in [0.05, 0.1) is 11.6 Å². The molecule has 0 bridgehead atoms. The predicted octanol–water partition coefficient (Wildman–Crippen LogP) is 3.03. The first-order valence-corrected chi connectivity index (χ1v) is 6.49. The van der Waals surface area contributed by atoms with E-state index in [2.05, 4.69) is 4.90 Å². The van der Waals surface area contributed by atoms with Gasteiger partial charge in [0.1, 0.15) is 5.75 Å². The highest BCUT2D eigenvalue weighted by molar-refractivity contribution is 5.94. The van der Waals surface area contributed by atoms with Crippen molar-refractivity contribution in [3.8, 4) is 5.75 Å². The van der Waals surface area contributed by atoms with Crippen LogP contribution in [0.1, 0.15) is 34.1 Å². The number of hydrogen-bond donors (Lipinski definition) is 0. The average Bonchev–Trinajstić information content (AvgIpc) is 2.55. The smallest absolute Gasteiger partial charge is 0.159 e. The van der Waals surface area contributed by atoms with E-state index in [1.54, 1.807) is 0 Å². The highest BCUT2D eigenvalue weighted by atomic mass is 16.5. The fourth-order valence-electron chi connectivity index (χ4n) is 2.38. The normalized spacial score (nSPS) is 18.5. The molecule has 18 heavy (non-hydrogen) atoms. The second kappa shape index (κ2) is 4.63. The standard InChI is InChI=1S/C15H21NO2/c1-11(2)18-13-7-5-12(6-8-13)16-10-9-14(17)15(16,3)4/h5-8,11H,9-10H2,1-4H3. The van der Waals surface area contributed by atoms with Gasteiger partial charge >= 0.3 is 0 Å². The summed E-state index contributed by atoms with van der Waals surface area (Å²) in [6, 6.07) is 7.98. The van der Waals surface area contributed by atoms with Crippen LogP contribution in [-0.4, -0.2) is 24.0 Å². The van der Waals surface area contributed by atoms with Crippen LogP contribution < -0.4 is 9.64 Å². The van der Waals surface area contributed by atoms with Crippen LogP contribution in [0.25, 0.3) is 0 Å². The number of nitrogens with zero attached hydrogens (tertiary/aromatic N) is 1. The van der Waals surface area contributed by atoms with E-state index in [9.17, 15) is 4.79 Å². The van der Waals surface area contributed by atoms with Gasteiger partial charge in [0, 0.05) is 18.7 Å². The van der Waals surface area contributed by atoms with Crippen LogP contribution in [0.3, 0.4) is 0 Å². The van der Waals surface area contributed by atoms with Crippen molar-refractivity contribution in [1.29, 1.82) is 0 Å². The Morgan fingerprint density at radius 2 is 1.83 bits per heavy atom. The Balaban J connectivity index is 2.18. The van der Waals surface area contributed by atoms with Crippen LogP contribution in [0.5, 0.6) is 5.75 Å². The van der Waals surface area contributed by atoms with Crippen molar-refractivity contribution >= 4 is 11.5 Å². The van der Waals surface area contributed by atoms with E-state index in [0.29, 0.717) is 12.2 Å². The lowest BCUT2D eigenvalue weighted by Crippen LogP contribution is -2.42. The first kappa shape index (κ1) is 12.9. The van der Waals surface area contributed by atoms with E-state index < -0.39 is 0 Å². The van der Waals surface area contributed by atoms with E-state index in [-0.39, 0.29) is 11.6 Å². The monoisotopic (exact) mass is 247 g/mol. The van der Waals surface area contributed by atoms with Crippen molar-refractivity contribution in [2.75, 3.05) is 11.4 Å². The lowest BCUT2D eigenvalue weighted by atomic mass is 10.00. The molecule has 3 nitrogen and oxygen atoms in total. The Hall–Kier alpha value is -1.51. The van der Waals surface area contributed by atoms with Crippen LogP contribution in [0.4, 0.5) is 5.69 Å². The molecule has 0 saturated carbocycles. The lowest BCUT2D eigenvalue weighted by Gasteiger charge is -2.32. The molecule has 98 valence electrons. The Bertz CT molecular complexity index is 434. The van der Waals surface area contributed by atoms with E-state index >= 15 is 0 Å². The largest absolute Gasteiger partial charge is 0.491 e. The number of rotatable bonds is 3. The van der Waals surface area contributed by atoms with Crippen molar-refractivity contribution in [1.82, 2.24) is 0 Å². The first-order chi connectivity index (χ1) is 8.41. The number of benzene rings is 1. The van der Waals surface area contributed by atoms with Crippen molar-refractivity contribution in [2.24, 2.45) is 0 Å². The molecular formula is C15H21NO2. The van der Waals surface area contributed by atoms with Crippen molar-refractivity contribution in [3.05, 3.63) is 24.3 Å². The molecule has 0 unspecified atom stereocenters. The van der Waals surface area contributed by atoms with E-state index in [1.807, 2.05) is 52.0 Å². The summed E-state index contributed by atoms with van der Waals surface area (Å²) in [5.41, 5.74) is 0.697. The van der Waals surface area contributed by atoms with Gasteiger partial charge in [-0.2, -0.15) is 0 Å². The minimum absolute atomic E-state index is 0.181. The summed E-state index contributed by atoms with van der Waals surface area (Å²) < 4.78 is 5.62. The van der Waals surface area contributed by atoms with Crippen LogP contribution in [0.15, 0.2) is 24.3 Å². The number of carbonyl (C=O) groups is 1. The highest BCUT2D eigenvalue weighted by Gasteiger charge is 2.39.